The highest BCUT2D eigenvalue weighted by molar-refractivity contribution is 5.92. The Bertz CT molecular complexity index is 381. The van der Waals surface area contributed by atoms with Gasteiger partial charge in [-0.25, -0.2) is 0 Å². The normalized spacial score (nSPS) is 87.8. The summed E-state index contributed by atoms with van der Waals surface area (Å²) in [5.74, 6) is 7.03. The molecule has 0 aromatic rings. The fourth-order valence-electron chi connectivity index (χ4n) is 7.51. The molecular formula is C12H12O2. The van der Waals surface area contributed by atoms with Crippen molar-refractivity contribution in [2.45, 2.75) is 6.10 Å². The Morgan fingerprint density at radius 1 is 0.714 bits per heavy atom. The fraction of sp³-hybridized carbons (Fsp3) is 0.917. The Balaban J connectivity index is 1.79. The lowest BCUT2D eigenvalue weighted by atomic mass is 9.60. The summed E-state index contributed by atoms with van der Waals surface area (Å²) in [6.45, 7) is 0. The van der Waals surface area contributed by atoms with Crippen molar-refractivity contribution in [2.75, 3.05) is 0 Å². The van der Waals surface area contributed by atoms with E-state index < -0.39 is 0 Å². The van der Waals surface area contributed by atoms with Gasteiger partial charge in [0, 0.05) is 11.8 Å². The Morgan fingerprint density at radius 3 is 1.64 bits per heavy atom. The van der Waals surface area contributed by atoms with Gasteiger partial charge in [0.25, 0.3) is 0 Å². The first-order valence-electron chi connectivity index (χ1n) is 6.04. The molecule has 0 aromatic carbocycles. The number of rotatable bonds is 0. The van der Waals surface area contributed by atoms with Crippen LogP contribution in [0.1, 0.15) is 0 Å². The van der Waals surface area contributed by atoms with Crippen molar-refractivity contribution in [3.63, 3.8) is 0 Å². The molecule has 72 valence electrons. The Kier molecular flexibility index (Phi) is 0.602. The van der Waals surface area contributed by atoms with Crippen LogP contribution in [0.2, 0.25) is 0 Å². The van der Waals surface area contributed by atoms with E-state index in [0.717, 1.165) is 23.7 Å². The molecule has 14 heavy (non-hydrogen) atoms. The molecule has 7 unspecified atom stereocenters. The highest BCUT2D eigenvalue weighted by Crippen LogP contribution is 2.89. The average molecular weight is 188 g/mol. The smallest absolute Gasteiger partial charge is 0.140 e. The van der Waals surface area contributed by atoms with E-state index in [4.69, 9.17) is 0 Å². The van der Waals surface area contributed by atoms with Crippen molar-refractivity contribution in [1.29, 1.82) is 0 Å². The molecule has 0 spiro atoms. The second-order valence-corrected chi connectivity index (χ2v) is 6.56. The highest BCUT2D eigenvalue weighted by atomic mass is 16.3. The van der Waals surface area contributed by atoms with Crippen LogP contribution in [0.5, 0.6) is 0 Å². The van der Waals surface area contributed by atoms with Gasteiger partial charge < -0.3 is 5.11 Å². The zero-order valence-corrected chi connectivity index (χ0v) is 7.71. The number of carbonyl (C=O) groups is 1. The summed E-state index contributed by atoms with van der Waals surface area (Å²) in [6, 6.07) is 0. The van der Waals surface area contributed by atoms with Gasteiger partial charge in [0.15, 0.2) is 0 Å². The molecule has 7 aliphatic rings. The van der Waals surface area contributed by atoms with E-state index in [2.05, 4.69) is 0 Å². The first-order valence-corrected chi connectivity index (χ1v) is 6.04. The summed E-state index contributed by atoms with van der Waals surface area (Å²) in [7, 11) is 0. The minimum atomic E-state index is -0.00407. The molecule has 0 radical (unpaired) electrons. The van der Waals surface area contributed by atoms with E-state index in [-0.39, 0.29) is 6.10 Å². The van der Waals surface area contributed by atoms with Gasteiger partial charge in [-0.15, -0.1) is 0 Å². The number of hydrogen-bond donors (Lipinski definition) is 1. The van der Waals surface area contributed by atoms with E-state index in [1.54, 1.807) is 0 Å². The van der Waals surface area contributed by atoms with Crippen molar-refractivity contribution in [1.82, 2.24) is 0 Å². The standard InChI is InChI=1S/C12H12O2/c13-11-7-1-2-4-3(1)9(11)6-5(7)8(2)12(14)10(4)6/h1-11,13H/t1?,2?,3?,4?,5?,6?,7-,8+,9+,10-,11?. The summed E-state index contributed by atoms with van der Waals surface area (Å²) in [5, 5.41) is 10.2. The third-order valence-corrected chi connectivity index (χ3v) is 7.10. The lowest BCUT2D eigenvalue weighted by molar-refractivity contribution is -0.122. The quantitative estimate of drug-likeness (QED) is 0.588. The number of Topliss-reactive ketones (excluding diaryl/α,β-unsaturated/α-hetero) is 1. The van der Waals surface area contributed by atoms with Gasteiger partial charge in [0.1, 0.15) is 5.78 Å². The second-order valence-electron chi connectivity index (χ2n) is 6.56. The van der Waals surface area contributed by atoms with Gasteiger partial charge in [0.05, 0.1) is 6.10 Å². The van der Waals surface area contributed by atoms with Crippen LogP contribution in [0, 0.1) is 59.2 Å². The molecule has 0 heterocycles. The Labute approximate surface area is 81.7 Å². The van der Waals surface area contributed by atoms with Crippen LogP contribution in [-0.4, -0.2) is 17.0 Å². The van der Waals surface area contributed by atoms with Gasteiger partial charge in [-0.3, -0.25) is 4.79 Å². The molecule has 0 amide bonds. The van der Waals surface area contributed by atoms with E-state index in [1.807, 2.05) is 0 Å². The molecule has 0 aromatic heterocycles. The highest BCUT2D eigenvalue weighted by Gasteiger charge is 2.91. The number of hydrogen-bond acceptors (Lipinski definition) is 2. The summed E-state index contributed by atoms with van der Waals surface area (Å²) < 4.78 is 0. The van der Waals surface area contributed by atoms with Crippen molar-refractivity contribution < 1.29 is 9.90 Å². The van der Waals surface area contributed by atoms with Gasteiger partial charge >= 0.3 is 0 Å². The molecular weight excluding hydrogens is 176 g/mol. The maximum absolute atomic E-state index is 12.1. The number of aliphatic hydroxyl groups is 1. The maximum atomic E-state index is 12.1. The molecule has 0 aliphatic heterocycles. The van der Waals surface area contributed by atoms with Gasteiger partial charge in [-0.2, -0.15) is 0 Å². The molecule has 1 N–H and O–H groups in total. The molecule has 0 saturated heterocycles. The van der Waals surface area contributed by atoms with Crippen molar-refractivity contribution in [3.8, 4) is 0 Å². The minimum absolute atomic E-state index is 0.00407. The topological polar surface area (TPSA) is 37.3 Å². The van der Waals surface area contributed by atoms with Crippen molar-refractivity contribution in [3.05, 3.63) is 0 Å². The molecule has 7 fully saturated rings. The first-order chi connectivity index (χ1) is 6.82. The predicted octanol–water partition coefficient (Wildman–Crippen LogP) is 0.160. The van der Waals surface area contributed by atoms with Gasteiger partial charge in [-0.05, 0) is 47.3 Å². The average Bonchev–Trinajstić information content (AvgIpc) is 2.74. The second kappa shape index (κ2) is 1.35. The van der Waals surface area contributed by atoms with Crippen LogP contribution in [0.25, 0.3) is 0 Å². The van der Waals surface area contributed by atoms with Gasteiger partial charge in [0.2, 0.25) is 0 Å². The summed E-state index contributed by atoms with van der Waals surface area (Å²) in [4.78, 5) is 12.1. The van der Waals surface area contributed by atoms with E-state index in [0.29, 0.717) is 41.3 Å². The van der Waals surface area contributed by atoms with Crippen molar-refractivity contribution >= 4 is 5.78 Å². The first kappa shape index (κ1) is 6.26. The predicted molar refractivity (Wildman–Crippen MR) is 45.9 cm³/mol. The lowest BCUT2D eigenvalue weighted by Gasteiger charge is -2.43. The van der Waals surface area contributed by atoms with E-state index in [9.17, 15) is 9.90 Å². The van der Waals surface area contributed by atoms with Crippen molar-refractivity contribution in [2.24, 2.45) is 59.2 Å². The summed E-state index contributed by atoms with van der Waals surface area (Å²) in [6.07, 6.45) is -0.00407. The minimum Gasteiger partial charge on any atom is -0.393 e. The third-order valence-electron chi connectivity index (χ3n) is 7.10. The fourth-order valence-corrected chi connectivity index (χ4v) is 7.51. The van der Waals surface area contributed by atoms with E-state index in [1.165, 1.54) is 0 Å². The van der Waals surface area contributed by atoms with E-state index >= 15 is 0 Å². The number of aliphatic hydroxyl groups excluding tert-OH is 1. The number of carbonyl (C=O) groups excluding carboxylic acids is 1. The molecule has 7 rings (SSSR count). The zero-order chi connectivity index (χ0) is 8.93. The molecule has 4 bridgehead atoms. The van der Waals surface area contributed by atoms with Crippen LogP contribution in [-0.2, 0) is 4.79 Å². The molecule has 7 aliphatic carbocycles. The molecule has 2 nitrogen and oxygen atoms in total. The van der Waals surface area contributed by atoms with Crippen LogP contribution in [0.3, 0.4) is 0 Å². The SMILES string of the molecule is O=C1[C@@H]2C3C4C5C3[C@H]3C2C([C@@H]14)[C@@H]5C3O. The monoisotopic (exact) mass is 188 g/mol. The van der Waals surface area contributed by atoms with Crippen LogP contribution >= 0.6 is 0 Å². The zero-order valence-electron chi connectivity index (χ0n) is 7.71. The maximum Gasteiger partial charge on any atom is 0.140 e. The number of ketones is 1. The summed E-state index contributed by atoms with van der Waals surface area (Å²) >= 11 is 0. The third kappa shape index (κ3) is 0.287. The summed E-state index contributed by atoms with van der Waals surface area (Å²) in [5.41, 5.74) is 0. The van der Waals surface area contributed by atoms with Crippen LogP contribution in [0.4, 0.5) is 0 Å². The largest absolute Gasteiger partial charge is 0.393 e. The lowest BCUT2D eigenvalue weighted by Crippen LogP contribution is -2.41. The van der Waals surface area contributed by atoms with Crippen LogP contribution < -0.4 is 0 Å². The van der Waals surface area contributed by atoms with Gasteiger partial charge in [-0.1, -0.05) is 0 Å². The Hall–Kier alpha value is -0.370. The molecule has 2 heteroatoms. The molecule has 11 atom stereocenters. The Morgan fingerprint density at radius 2 is 1.14 bits per heavy atom. The van der Waals surface area contributed by atoms with Crippen LogP contribution in [0.15, 0.2) is 0 Å². The molecule has 7 saturated carbocycles.